The summed E-state index contributed by atoms with van der Waals surface area (Å²) in [6.45, 7) is 0.390. The molecule has 0 aliphatic rings. The lowest BCUT2D eigenvalue weighted by atomic mass is 10.1. The fourth-order valence-corrected chi connectivity index (χ4v) is 3.02. The van der Waals surface area contributed by atoms with Gasteiger partial charge in [-0.2, -0.15) is 0 Å². The van der Waals surface area contributed by atoms with Crippen molar-refractivity contribution < 1.29 is 19.5 Å². The third-order valence-corrected chi connectivity index (χ3v) is 4.25. The predicted octanol–water partition coefficient (Wildman–Crippen LogP) is 1.07. The normalized spacial score (nSPS) is 11.7. The van der Waals surface area contributed by atoms with E-state index in [9.17, 15) is 14.4 Å². The maximum absolute atomic E-state index is 11.6. The van der Waals surface area contributed by atoms with Crippen molar-refractivity contribution in [1.82, 2.24) is 10.6 Å². The zero-order valence-electron chi connectivity index (χ0n) is 11.1. The van der Waals surface area contributed by atoms with E-state index in [1.54, 1.807) is 11.3 Å². The maximum atomic E-state index is 11.6. The van der Waals surface area contributed by atoms with E-state index in [4.69, 9.17) is 10.8 Å². The topological polar surface area (TPSA) is 122 Å². The Labute approximate surface area is 134 Å². The molecule has 0 aliphatic heterocycles. The summed E-state index contributed by atoms with van der Waals surface area (Å²) in [7, 11) is 0. The van der Waals surface area contributed by atoms with Crippen molar-refractivity contribution in [2.75, 3.05) is 6.54 Å². The van der Waals surface area contributed by atoms with Crippen LogP contribution in [-0.4, -0.2) is 35.6 Å². The molecule has 116 valence electrons. The second-order valence-electron chi connectivity index (χ2n) is 4.25. The first-order valence-corrected chi connectivity index (χ1v) is 7.79. The number of amides is 3. The Morgan fingerprint density at radius 1 is 1.38 bits per heavy atom. The number of carbonyl (C=O) groups is 3. The van der Waals surface area contributed by atoms with Gasteiger partial charge in [-0.3, -0.25) is 4.79 Å². The SMILES string of the molecule is NC(=O)CCC(NC(=O)NCCc1ccc(Br)s1)C(=O)O. The highest BCUT2D eigenvalue weighted by atomic mass is 79.9. The summed E-state index contributed by atoms with van der Waals surface area (Å²) >= 11 is 4.92. The van der Waals surface area contributed by atoms with E-state index in [1.165, 1.54) is 0 Å². The molecule has 1 unspecified atom stereocenters. The summed E-state index contributed by atoms with van der Waals surface area (Å²) in [4.78, 5) is 34.3. The molecule has 0 radical (unpaired) electrons. The Kier molecular flexibility index (Phi) is 7.17. The van der Waals surface area contributed by atoms with Crippen LogP contribution in [0, 0.1) is 0 Å². The van der Waals surface area contributed by atoms with Crippen LogP contribution in [0.25, 0.3) is 0 Å². The van der Waals surface area contributed by atoms with Gasteiger partial charge in [-0.1, -0.05) is 0 Å². The van der Waals surface area contributed by atoms with Crippen molar-refractivity contribution in [3.63, 3.8) is 0 Å². The summed E-state index contributed by atoms with van der Waals surface area (Å²) in [6.07, 6.45) is 0.527. The number of hydrogen-bond donors (Lipinski definition) is 4. The van der Waals surface area contributed by atoms with Gasteiger partial charge in [0.25, 0.3) is 0 Å². The second-order valence-corrected chi connectivity index (χ2v) is 6.80. The van der Waals surface area contributed by atoms with Gasteiger partial charge < -0.3 is 21.5 Å². The smallest absolute Gasteiger partial charge is 0.326 e. The van der Waals surface area contributed by atoms with Gasteiger partial charge in [0.05, 0.1) is 3.79 Å². The highest BCUT2D eigenvalue weighted by molar-refractivity contribution is 9.11. The molecule has 1 atom stereocenters. The van der Waals surface area contributed by atoms with Crippen molar-refractivity contribution >= 4 is 45.2 Å². The van der Waals surface area contributed by atoms with Crippen LogP contribution < -0.4 is 16.4 Å². The molecule has 0 bridgehead atoms. The van der Waals surface area contributed by atoms with Gasteiger partial charge in [0.1, 0.15) is 6.04 Å². The lowest BCUT2D eigenvalue weighted by Gasteiger charge is -2.14. The highest BCUT2D eigenvalue weighted by Gasteiger charge is 2.20. The molecule has 9 heteroatoms. The molecule has 0 spiro atoms. The van der Waals surface area contributed by atoms with Crippen LogP contribution in [0.2, 0.25) is 0 Å². The highest BCUT2D eigenvalue weighted by Crippen LogP contribution is 2.21. The number of hydrogen-bond acceptors (Lipinski definition) is 4. The molecule has 7 nitrogen and oxygen atoms in total. The Bertz CT molecular complexity index is 520. The second kappa shape index (κ2) is 8.63. The van der Waals surface area contributed by atoms with Crippen molar-refractivity contribution in [1.29, 1.82) is 0 Å². The van der Waals surface area contributed by atoms with E-state index in [1.807, 2.05) is 12.1 Å². The Morgan fingerprint density at radius 2 is 2.10 bits per heavy atom. The fourth-order valence-electron chi connectivity index (χ4n) is 1.54. The quantitative estimate of drug-likeness (QED) is 0.541. The van der Waals surface area contributed by atoms with E-state index in [2.05, 4.69) is 26.6 Å². The molecule has 21 heavy (non-hydrogen) atoms. The van der Waals surface area contributed by atoms with Crippen LogP contribution >= 0.6 is 27.3 Å². The summed E-state index contributed by atoms with van der Waals surface area (Å²) in [5.41, 5.74) is 4.96. The number of rotatable bonds is 8. The number of thiophene rings is 1. The summed E-state index contributed by atoms with van der Waals surface area (Å²) < 4.78 is 1.01. The van der Waals surface area contributed by atoms with Crippen LogP contribution in [0.1, 0.15) is 17.7 Å². The average Bonchev–Trinajstić information content (AvgIpc) is 2.79. The molecule has 0 fully saturated rings. The predicted molar refractivity (Wildman–Crippen MR) is 82.1 cm³/mol. The molecule has 1 aromatic rings. The van der Waals surface area contributed by atoms with E-state index in [-0.39, 0.29) is 12.8 Å². The lowest BCUT2D eigenvalue weighted by molar-refractivity contribution is -0.139. The van der Waals surface area contributed by atoms with E-state index in [0.29, 0.717) is 13.0 Å². The average molecular weight is 378 g/mol. The molecule has 0 saturated heterocycles. The van der Waals surface area contributed by atoms with E-state index < -0.39 is 23.9 Å². The number of primary amides is 1. The Balaban J connectivity index is 2.32. The summed E-state index contributed by atoms with van der Waals surface area (Å²) in [6, 6.07) is 2.15. The standard InChI is InChI=1S/C12H16BrN3O4S/c13-9-3-1-7(21-9)5-6-15-12(20)16-8(11(18)19)2-4-10(14)17/h1,3,8H,2,4-6H2,(H2,14,17)(H,18,19)(H2,15,16,20). The fraction of sp³-hybridized carbons (Fsp3) is 0.417. The number of urea groups is 1. The van der Waals surface area contributed by atoms with E-state index >= 15 is 0 Å². The van der Waals surface area contributed by atoms with Crippen LogP contribution in [-0.2, 0) is 16.0 Å². The maximum Gasteiger partial charge on any atom is 0.326 e. The van der Waals surface area contributed by atoms with Gasteiger partial charge in [0.2, 0.25) is 5.91 Å². The zero-order valence-corrected chi connectivity index (χ0v) is 13.5. The largest absolute Gasteiger partial charge is 0.480 e. The first-order valence-electron chi connectivity index (χ1n) is 6.18. The Hall–Kier alpha value is -1.61. The summed E-state index contributed by atoms with van der Waals surface area (Å²) in [5, 5.41) is 13.8. The van der Waals surface area contributed by atoms with Gasteiger partial charge in [-0.15, -0.1) is 11.3 Å². The van der Waals surface area contributed by atoms with Gasteiger partial charge in [-0.25, -0.2) is 9.59 Å². The molecular formula is C12H16BrN3O4S. The molecule has 5 N–H and O–H groups in total. The minimum Gasteiger partial charge on any atom is -0.480 e. The third-order valence-electron chi connectivity index (χ3n) is 2.57. The number of carboxylic acid groups (broad SMARTS) is 1. The van der Waals surface area contributed by atoms with Crippen LogP contribution in [0.5, 0.6) is 0 Å². The first kappa shape index (κ1) is 17.4. The lowest BCUT2D eigenvalue weighted by Crippen LogP contribution is -2.46. The third kappa shape index (κ3) is 7.09. The van der Waals surface area contributed by atoms with Gasteiger partial charge >= 0.3 is 12.0 Å². The molecule has 1 aromatic heterocycles. The molecule has 0 aromatic carbocycles. The van der Waals surface area contributed by atoms with Gasteiger partial charge in [-0.05, 0) is 40.9 Å². The minimum absolute atomic E-state index is 0.0318. The van der Waals surface area contributed by atoms with Crippen molar-refractivity contribution in [3.05, 3.63) is 20.8 Å². The number of aliphatic carboxylic acids is 1. The van der Waals surface area contributed by atoms with Gasteiger partial charge in [0, 0.05) is 17.8 Å². The molecular weight excluding hydrogens is 362 g/mol. The molecule has 1 rings (SSSR count). The summed E-state index contributed by atoms with van der Waals surface area (Å²) in [5.74, 6) is -1.81. The zero-order chi connectivity index (χ0) is 15.8. The first-order chi connectivity index (χ1) is 9.88. The number of nitrogens with one attached hydrogen (secondary N) is 2. The van der Waals surface area contributed by atoms with Crippen LogP contribution in [0.3, 0.4) is 0 Å². The molecule has 3 amide bonds. The van der Waals surface area contributed by atoms with Crippen LogP contribution in [0.15, 0.2) is 15.9 Å². The monoisotopic (exact) mass is 377 g/mol. The van der Waals surface area contributed by atoms with Crippen LogP contribution in [0.4, 0.5) is 4.79 Å². The minimum atomic E-state index is -1.20. The Morgan fingerprint density at radius 3 is 2.62 bits per heavy atom. The number of nitrogens with two attached hydrogens (primary N) is 1. The van der Waals surface area contributed by atoms with E-state index in [0.717, 1.165) is 8.66 Å². The number of carboxylic acids is 1. The number of carbonyl (C=O) groups excluding carboxylic acids is 2. The molecule has 0 saturated carbocycles. The van der Waals surface area contributed by atoms with Crippen molar-refractivity contribution in [3.8, 4) is 0 Å². The van der Waals surface area contributed by atoms with Crippen molar-refractivity contribution in [2.24, 2.45) is 5.73 Å². The van der Waals surface area contributed by atoms with Crippen molar-refractivity contribution in [2.45, 2.75) is 25.3 Å². The van der Waals surface area contributed by atoms with Gasteiger partial charge in [0.15, 0.2) is 0 Å². The molecule has 0 aliphatic carbocycles. The molecule has 1 heterocycles. The number of halogens is 1.